The first-order valence-electron chi connectivity index (χ1n) is 23.1. The first-order chi connectivity index (χ1) is 33.1. The van der Waals surface area contributed by atoms with Crippen LogP contribution in [0.25, 0.3) is 102 Å². The van der Waals surface area contributed by atoms with Crippen LogP contribution in [0.5, 0.6) is 0 Å². The molecular formula is C62H41N3OS. The van der Waals surface area contributed by atoms with Gasteiger partial charge in [0, 0.05) is 47.3 Å². The average molecular weight is 876 g/mol. The summed E-state index contributed by atoms with van der Waals surface area (Å²) in [6.07, 6.45) is 0.737. The average Bonchev–Trinajstić information content (AvgIpc) is 4.00. The summed E-state index contributed by atoms with van der Waals surface area (Å²) in [6, 6.07) is 74.7. The minimum atomic E-state index is -0.224. The molecule has 1 aliphatic rings. The van der Waals surface area contributed by atoms with Crippen LogP contribution in [0, 0.1) is 5.92 Å². The van der Waals surface area contributed by atoms with Crippen LogP contribution in [0.15, 0.2) is 221 Å². The molecule has 4 nitrogen and oxygen atoms in total. The second-order valence-electron chi connectivity index (χ2n) is 18.1. The second kappa shape index (κ2) is 15.0. The van der Waals surface area contributed by atoms with Crippen molar-refractivity contribution in [3.05, 3.63) is 223 Å². The molecule has 0 saturated heterocycles. The second-order valence-corrected chi connectivity index (χ2v) is 19.2. The highest BCUT2D eigenvalue weighted by atomic mass is 32.1. The summed E-state index contributed by atoms with van der Waals surface area (Å²) in [5.41, 5.74) is 11.8. The van der Waals surface area contributed by atoms with Crippen LogP contribution in [-0.2, 0) is 0 Å². The number of aromatic nitrogens is 1. The summed E-state index contributed by atoms with van der Waals surface area (Å²) in [7, 11) is 0. The van der Waals surface area contributed by atoms with Gasteiger partial charge in [0.05, 0.1) is 28.5 Å². The highest BCUT2D eigenvalue weighted by Gasteiger charge is 2.30. The molecule has 1 aliphatic heterocycles. The van der Waals surface area contributed by atoms with Crippen LogP contribution in [0.4, 0.5) is 0 Å². The Balaban J connectivity index is 1.09. The van der Waals surface area contributed by atoms with E-state index in [4.69, 9.17) is 14.4 Å². The van der Waals surface area contributed by atoms with Crippen molar-refractivity contribution in [1.29, 1.82) is 0 Å². The molecule has 0 fully saturated rings. The molecule has 3 aromatic heterocycles. The summed E-state index contributed by atoms with van der Waals surface area (Å²) >= 11 is 1.85. The number of rotatable bonds is 5. The van der Waals surface area contributed by atoms with E-state index in [0.29, 0.717) is 0 Å². The number of thiophene rings is 1. The number of amidine groups is 1. The lowest BCUT2D eigenvalue weighted by molar-refractivity contribution is 0.496. The van der Waals surface area contributed by atoms with Crippen molar-refractivity contribution < 1.29 is 4.42 Å². The van der Waals surface area contributed by atoms with Crippen molar-refractivity contribution in [3.8, 4) is 16.8 Å². The number of furan rings is 1. The third kappa shape index (κ3) is 6.12. The summed E-state index contributed by atoms with van der Waals surface area (Å²) in [5, 5.41) is 12.0. The van der Waals surface area contributed by atoms with E-state index in [2.05, 4.69) is 212 Å². The normalized spacial score (nSPS) is 15.7. The molecule has 316 valence electrons. The Bertz CT molecular complexity index is 4120. The zero-order chi connectivity index (χ0) is 44.2. The van der Waals surface area contributed by atoms with Crippen molar-refractivity contribution in [1.82, 2.24) is 4.57 Å². The highest BCUT2D eigenvalue weighted by Crippen LogP contribution is 2.45. The van der Waals surface area contributed by atoms with E-state index >= 15 is 0 Å². The van der Waals surface area contributed by atoms with E-state index in [-0.39, 0.29) is 12.0 Å². The molecule has 2 atom stereocenters. The van der Waals surface area contributed by atoms with Gasteiger partial charge in [0.25, 0.3) is 0 Å². The monoisotopic (exact) mass is 875 g/mol. The standard InChI is InChI=1S/C62H41N3OS/c1-37-30-52(40-28-26-39(27-29-40)38-14-3-2-4-15-38)63-62(64-61(37)47-22-13-24-57-60(47)46-21-9-11-23-56(46)66-57)51-35-50-45-20-10-12-25-58(45)67-59(50)36-55(51)65-53-33-43-18-7-5-16-41(43)31-48(53)49-32-42-17-6-8-19-44(42)34-54(49)65/h2-29,31-37,61H,30H2,1H3/t37?,61-/m1/s1. The summed E-state index contributed by atoms with van der Waals surface area (Å²) in [5.74, 6) is 0.828. The van der Waals surface area contributed by atoms with Crippen LogP contribution in [-0.4, -0.2) is 16.1 Å². The molecule has 0 bridgehead atoms. The molecule has 0 aliphatic carbocycles. The predicted molar refractivity (Wildman–Crippen MR) is 284 cm³/mol. The molecule has 13 aromatic rings. The number of hydrogen-bond acceptors (Lipinski definition) is 4. The van der Waals surface area contributed by atoms with Gasteiger partial charge in [0.2, 0.25) is 0 Å². The lowest BCUT2D eigenvalue weighted by atomic mass is 9.87. The Labute approximate surface area is 390 Å². The number of nitrogens with zero attached hydrogens (tertiary/aromatic N) is 3. The summed E-state index contributed by atoms with van der Waals surface area (Å²) in [6.45, 7) is 2.34. The minimum Gasteiger partial charge on any atom is -0.456 e. The SMILES string of the molecule is CC1CC(c2ccc(-c3ccccc3)cc2)=NC(c2cc3c(cc2-n2c4cc5ccccc5cc4c4cc5ccccc5cc42)sc2ccccc23)=N[C@H]1c1cccc2oc3ccccc3c12. The number of fused-ring (bicyclic) bond motifs is 11. The third-order valence-electron chi connectivity index (χ3n) is 14.1. The zero-order valence-corrected chi connectivity index (χ0v) is 37.5. The van der Waals surface area contributed by atoms with E-state index in [1.54, 1.807) is 0 Å². The molecule has 67 heavy (non-hydrogen) atoms. The summed E-state index contributed by atoms with van der Waals surface area (Å²) in [4.78, 5) is 11.8. The van der Waals surface area contributed by atoms with Gasteiger partial charge in [-0.05, 0) is 111 Å². The van der Waals surface area contributed by atoms with Crippen molar-refractivity contribution >= 4 is 108 Å². The van der Waals surface area contributed by atoms with Gasteiger partial charge in [0.1, 0.15) is 11.2 Å². The molecule has 0 N–H and O–H groups in total. The van der Waals surface area contributed by atoms with E-state index in [9.17, 15) is 0 Å². The van der Waals surface area contributed by atoms with Crippen LogP contribution >= 0.6 is 11.3 Å². The maximum absolute atomic E-state index is 6.51. The van der Waals surface area contributed by atoms with Gasteiger partial charge in [-0.25, -0.2) is 4.99 Å². The maximum Gasteiger partial charge on any atom is 0.157 e. The van der Waals surface area contributed by atoms with E-state index in [0.717, 1.165) is 73.3 Å². The lowest BCUT2D eigenvalue weighted by Gasteiger charge is -2.21. The van der Waals surface area contributed by atoms with E-state index in [1.165, 1.54) is 63.6 Å². The van der Waals surface area contributed by atoms with Crippen LogP contribution in [0.2, 0.25) is 0 Å². The zero-order valence-electron chi connectivity index (χ0n) is 36.6. The molecule has 0 saturated carbocycles. The number of benzene rings is 10. The molecule has 0 amide bonds. The molecule has 14 rings (SSSR count). The van der Waals surface area contributed by atoms with Gasteiger partial charge in [-0.3, -0.25) is 4.99 Å². The lowest BCUT2D eigenvalue weighted by Crippen LogP contribution is -2.12. The molecular weight excluding hydrogens is 835 g/mol. The fourth-order valence-electron chi connectivity index (χ4n) is 10.9. The number of hydrogen-bond donors (Lipinski definition) is 0. The molecule has 4 heterocycles. The Morgan fingerprint density at radius 1 is 0.493 bits per heavy atom. The number of aliphatic imine (C=N–C) groups is 2. The molecule has 0 spiro atoms. The third-order valence-corrected chi connectivity index (χ3v) is 15.2. The molecule has 0 radical (unpaired) electrons. The topological polar surface area (TPSA) is 42.8 Å². The van der Waals surface area contributed by atoms with Crippen LogP contribution in [0.3, 0.4) is 0 Å². The van der Waals surface area contributed by atoms with Crippen molar-refractivity contribution in [3.63, 3.8) is 0 Å². The van der Waals surface area contributed by atoms with Gasteiger partial charge in [-0.15, -0.1) is 11.3 Å². The van der Waals surface area contributed by atoms with Gasteiger partial charge >= 0.3 is 0 Å². The van der Waals surface area contributed by atoms with E-state index in [1.807, 2.05) is 17.4 Å². The Morgan fingerprint density at radius 3 is 1.82 bits per heavy atom. The van der Waals surface area contributed by atoms with Gasteiger partial charge in [-0.2, -0.15) is 0 Å². The Kier molecular flexibility index (Phi) is 8.52. The smallest absolute Gasteiger partial charge is 0.157 e. The van der Waals surface area contributed by atoms with Crippen LogP contribution < -0.4 is 0 Å². The first kappa shape index (κ1) is 38.2. The van der Waals surface area contributed by atoms with Crippen molar-refractivity contribution in [2.75, 3.05) is 0 Å². The van der Waals surface area contributed by atoms with Crippen LogP contribution in [0.1, 0.15) is 36.1 Å². The van der Waals surface area contributed by atoms with Gasteiger partial charge in [-0.1, -0.05) is 159 Å². The minimum absolute atomic E-state index is 0.101. The highest BCUT2D eigenvalue weighted by molar-refractivity contribution is 7.25. The fraction of sp³-hybridized carbons (Fsp3) is 0.0645. The van der Waals surface area contributed by atoms with Gasteiger partial charge < -0.3 is 8.98 Å². The Hall–Kier alpha value is -8.12. The van der Waals surface area contributed by atoms with Gasteiger partial charge in [0.15, 0.2) is 5.84 Å². The summed E-state index contributed by atoms with van der Waals surface area (Å²) < 4.78 is 11.5. The molecule has 5 heteroatoms. The quantitative estimate of drug-likeness (QED) is 0.170. The number of para-hydroxylation sites is 1. The Morgan fingerprint density at radius 2 is 1.09 bits per heavy atom. The fourth-order valence-corrected chi connectivity index (χ4v) is 12.0. The maximum atomic E-state index is 6.51. The molecule has 1 unspecified atom stereocenters. The predicted octanol–water partition coefficient (Wildman–Crippen LogP) is 17.0. The largest absolute Gasteiger partial charge is 0.456 e. The molecule has 10 aromatic carbocycles. The van der Waals surface area contributed by atoms with E-state index < -0.39 is 0 Å². The first-order valence-corrected chi connectivity index (χ1v) is 23.9. The van der Waals surface area contributed by atoms with Crippen molar-refractivity contribution in [2.45, 2.75) is 19.4 Å². The van der Waals surface area contributed by atoms with Crippen molar-refractivity contribution in [2.24, 2.45) is 15.9 Å².